The predicted molar refractivity (Wildman–Crippen MR) is 69.9 cm³/mol. The van der Waals surface area contributed by atoms with E-state index < -0.39 is 0 Å². The minimum absolute atomic E-state index is 0.372. The molecule has 2 aromatic rings. The molecule has 0 spiro atoms. The van der Waals surface area contributed by atoms with E-state index in [1.165, 1.54) is 7.11 Å². The molecule has 0 aliphatic carbocycles. The number of halogens is 1. The van der Waals surface area contributed by atoms with Crippen molar-refractivity contribution in [3.8, 4) is 5.75 Å². The topological polar surface area (TPSA) is 64.3 Å². The molecule has 0 heterocycles. The highest BCUT2D eigenvalue weighted by Crippen LogP contribution is 2.27. The van der Waals surface area contributed by atoms with E-state index in [0.717, 1.165) is 15.2 Å². The quantitative estimate of drug-likeness (QED) is 0.507. The Bertz CT molecular complexity index is 584. The van der Waals surface area contributed by atoms with E-state index in [4.69, 9.17) is 10.6 Å². The van der Waals surface area contributed by atoms with Crippen molar-refractivity contribution in [1.82, 2.24) is 5.43 Å². The van der Waals surface area contributed by atoms with Crippen molar-refractivity contribution in [1.29, 1.82) is 0 Å². The second kappa shape index (κ2) is 4.73. The zero-order chi connectivity index (χ0) is 12.4. The van der Waals surface area contributed by atoms with Crippen LogP contribution >= 0.6 is 15.9 Å². The lowest BCUT2D eigenvalue weighted by molar-refractivity contribution is 0.0951. The molecule has 2 rings (SSSR count). The molecule has 0 aliphatic heterocycles. The summed E-state index contributed by atoms with van der Waals surface area (Å²) in [5.74, 6) is 5.27. The molecule has 0 fully saturated rings. The largest absolute Gasteiger partial charge is 0.496 e. The van der Waals surface area contributed by atoms with Crippen LogP contribution in [0.3, 0.4) is 0 Å². The number of benzene rings is 2. The lowest BCUT2D eigenvalue weighted by atomic mass is 10.1. The second-order valence-electron chi connectivity index (χ2n) is 3.52. The van der Waals surface area contributed by atoms with Gasteiger partial charge in [0.05, 0.1) is 12.7 Å². The number of amides is 1. The van der Waals surface area contributed by atoms with E-state index in [9.17, 15) is 4.79 Å². The molecular formula is C12H11BrN2O2. The fourth-order valence-corrected chi connectivity index (χ4v) is 2.05. The normalized spacial score (nSPS) is 10.3. The molecule has 0 atom stereocenters. The van der Waals surface area contributed by atoms with Gasteiger partial charge in [0, 0.05) is 4.47 Å². The Labute approximate surface area is 107 Å². The van der Waals surface area contributed by atoms with Crippen LogP contribution in [0.2, 0.25) is 0 Å². The molecule has 0 unspecified atom stereocenters. The second-order valence-corrected chi connectivity index (χ2v) is 4.43. The lowest BCUT2D eigenvalue weighted by Crippen LogP contribution is -2.30. The van der Waals surface area contributed by atoms with Gasteiger partial charge in [-0.05, 0) is 35.0 Å². The maximum absolute atomic E-state index is 11.6. The number of hydrazine groups is 1. The number of rotatable bonds is 2. The average Bonchev–Trinajstić information content (AvgIpc) is 2.36. The number of methoxy groups -OCH3 is 1. The minimum atomic E-state index is -0.372. The first-order chi connectivity index (χ1) is 8.15. The number of hydrogen-bond acceptors (Lipinski definition) is 3. The maximum atomic E-state index is 11.6. The van der Waals surface area contributed by atoms with E-state index in [1.54, 1.807) is 6.07 Å². The van der Waals surface area contributed by atoms with Crippen molar-refractivity contribution in [2.45, 2.75) is 0 Å². The highest BCUT2D eigenvalue weighted by atomic mass is 79.9. The molecule has 4 nitrogen and oxygen atoms in total. The van der Waals surface area contributed by atoms with E-state index >= 15 is 0 Å². The Balaban J connectivity index is 2.69. The monoisotopic (exact) mass is 294 g/mol. The maximum Gasteiger partial charge on any atom is 0.268 e. The number of ether oxygens (including phenoxy) is 1. The molecule has 1 amide bonds. The summed E-state index contributed by atoms with van der Waals surface area (Å²) >= 11 is 3.39. The van der Waals surface area contributed by atoms with Crippen LogP contribution in [0.15, 0.2) is 34.8 Å². The predicted octanol–water partition coefficient (Wildman–Crippen LogP) is 2.21. The minimum Gasteiger partial charge on any atom is -0.496 e. The van der Waals surface area contributed by atoms with E-state index in [-0.39, 0.29) is 5.91 Å². The summed E-state index contributed by atoms with van der Waals surface area (Å²) < 4.78 is 6.13. The molecule has 88 valence electrons. The van der Waals surface area contributed by atoms with E-state index in [1.807, 2.05) is 24.3 Å². The first-order valence-corrected chi connectivity index (χ1v) is 5.73. The van der Waals surface area contributed by atoms with Crippen molar-refractivity contribution in [2.75, 3.05) is 7.11 Å². The standard InChI is InChI=1S/C12H11BrN2O2/c1-17-11-6-7-2-3-9(13)4-8(7)5-10(11)12(16)15-14/h2-6H,14H2,1H3,(H,15,16). The van der Waals surface area contributed by atoms with Gasteiger partial charge in [0.25, 0.3) is 5.91 Å². The van der Waals surface area contributed by atoms with Gasteiger partial charge in [-0.25, -0.2) is 5.84 Å². The van der Waals surface area contributed by atoms with Gasteiger partial charge < -0.3 is 4.74 Å². The van der Waals surface area contributed by atoms with Gasteiger partial charge in [-0.2, -0.15) is 0 Å². The number of nitrogens with two attached hydrogens (primary N) is 1. The fourth-order valence-electron chi connectivity index (χ4n) is 1.67. The van der Waals surface area contributed by atoms with Crippen LogP contribution in [0.4, 0.5) is 0 Å². The number of carbonyl (C=O) groups is 1. The molecule has 0 saturated carbocycles. The van der Waals surface area contributed by atoms with Gasteiger partial charge in [-0.1, -0.05) is 22.0 Å². The lowest BCUT2D eigenvalue weighted by Gasteiger charge is -2.09. The molecule has 0 saturated heterocycles. The van der Waals surface area contributed by atoms with Gasteiger partial charge >= 0.3 is 0 Å². The summed E-state index contributed by atoms with van der Waals surface area (Å²) in [6, 6.07) is 9.38. The molecule has 0 aromatic heterocycles. The third kappa shape index (κ3) is 2.25. The zero-order valence-electron chi connectivity index (χ0n) is 9.16. The van der Waals surface area contributed by atoms with Crippen molar-refractivity contribution < 1.29 is 9.53 Å². The smallest absolute Gasteiger partial charge is 0.268 e. The first-order valence-electron chi connectivity index (χ1n) is 4.94. The summed E-state index contributed by atoms with van der Waals surface area (Å²) in [5.41, 5.74) is 2.52. The Morgan fingerprint density at radius 3 is 2.71 bits per heavy atom. The van der Waals surface area contributed by atoms with E-state index in [2.05, 4.69) is 21.4 Å². The van der Waals surface area contributed by atoms with Crippen LogP contribution in [0.1, 0.15) is 10.4 Å². The highest BCUT2D eigenvalue weighted by molar-refractivity contribution is 9.10. The van der Waals surface area contributed by atoms with Crippen LogP contribution in [0.5, 0.6) is 5.75 Å². The molecule has 3 N–H and O–H groups in total. The Hall–Kier alpha value is -1.59. The molecule has 0 radical (unpaired) electrons. The first kappa shape index (κ1) is 11.9. The number of fused-ring (bicyclic) bond motifs is 1. The molecule has 2 aromatic carbocycles. The summed E-state index contributed by atoms with van der Waals surface area (Å²) in [5, 5.41) is 1.94. The fraction of sp³-hybridized carbons (Fsp3) is 0.0833. The van der Waals surface area contributed by atoms with Crippen LogP contribution in [-0.2, 0) is 0 Å². The van der Waals surface area contributed by atoms with Crippen molar-refractivity contribution in [3.63, 3.8) is 0 Å². The Morgan fingerprint density at radius 2 is 2.06 bits per heavy atom. The summed E-state index contributed by atoms with van der Waals surface area (Å²) in [6.45, 7) is 0. The Morgan fingerprint density at radius 1 is 1.29 bits per heavy atom. The van der Waals surface area contributed by atoms with Crippen molar-refractivity contribution in [3.05, 3.63) is 40.4 Å². The summed E-state index contributed by atoms with van der Waals surface area (Å²) in [4.78, 5) is 11.6. The van der Waals surface area contributed by atoms with Crippen molar-refractivity contribution >= 4 is 32.6 Å². The number of carbonyl (C=O) groups excluding carboxylic acids is 1. The zero-order valence-corrected chi connectivity index (χ0v) is 10.7. The highest BCUT2D eigenvalue weighted by Gasteiger charge is 2.12. The van der Waals surface area contributed by atoms with E-state index in [0.29, 0.717) is 11.3 Å². The van der Waals surface area contributed by atoms with Gasteiger partial charge in [0.1, 0.15) is 5.75 Å². The van der Waals surface area contributed by atoms with Gasteiger partial charge in [0.15, 0.2) is 0 Å². The van der Waals surface area contributed by atoms with Gasteiger partial charge in [-0.15, -0.1) is 0 Å². The third-order valence-corrected chi connectivity index (χ3v) is 2.99. The molecule has 17 heavy (non-hydrogen) atoms. The van der Waals surface area contributed by atoms with Crippen LogP contribution in [-0.4, -0.2) is 13.0 Å². The van der Waals surface area contributed by atoms with Crippen LogP contribution in [0.25, 0.3) is 10.8 Å². The molecule has 0 bridgehead atoms. The average molecular weight is 295 g/mol. The third-order valence-electron chi connectivity index (χ3n) is 2.50. The molecule has 5 heteroatoms. The van der Waals surface area contributed by atoms with Gasteiger partial charge in [0.2, 0.25) is 0 Å². The van der Waals surface area contributed by atoms with Crippen LogP contribution in [0, 0.1) is 0 Å². The van der Waals surface area contributed by atoms with Crippen molar-refractivity contribution in [2.24, 2.45) is 5.84 Å². The molecular weight excluding hydrogens is 284 g/mol. The SMILES string of the molecule is COc1cc2ccc(Br)cc2cc1C(=O)NN. The summed E-state index contributed by atoms with van der Waals surface area (Å²) in [6.07, 6.45) is 0. The number of nitrogens with one attached hydrogen (secondary N) is 1. The number of nitrogen functional groups attached to an aromatic ring is 1. The van der Waals surface area contributed by atoms with Gasteiger partial charge in [-0.3, -0.25) is 10.2 Å². The molecule has 0 aliphatic rings. The van der Waals surface area contributed by atoms with Crippen LogP contribution < -0.4 is 16.0 Å². The Kier molecular flexibility index (Phi) is 3.31. The number of hydrogen-bond donors (Lipinski definition) is 2. The summed E-state index contributed by atoms with van der Waals surface area (Å²) in [7, 11) is 1.52.